The van der Waals surface area contributed by atoms with E-state index in [0.29, 0.717) is 11.7 Å². The molecule has 3 N–H and O–H groups in total. The summed E-state index contributed by atoms with van der Waals surface area (Å²) in [6.45, 7) is 6.38. The fraction of sp³-hybridized carbons (Fsp3) is 0.708. The van der Waals surface area contributed by atoms with E-state index in [1.165, 1.54) is 0 Å². The molecule has 0 aromatic carbocycles. The van der Waals surface area contributed by atoms with Crippen molar-refractivity contribution >= 4 is 11.8 Å². The summed E-state index contributed by atoms with van der Waals surface area (Å²) >= 11 is 0. The number of carbonyl (C=O) groups excluding carboxylic acids is 2. The summed E-state index contributed by atoms with van der Waals surface area (Å²) in [5.41, 5.74) is 0.472. The van der Waals surface area contributed by atoms with Crippen LogP contribution in [0.5, 0.6) is 0 Å². The van der Waals surface area contributed by atoms with Crippen molar-refractivity contribution < 1.29 is 14.7 Å². The van der Waals surface area contributed by atoms with Gasteiger partial charge in [-0.15, -0.1) is 0 Å². The molecule has 2 amide bonds. The van der Waals surface area contributed by atoms with Crippen LogP contribution in [-0.2, 0) is 4.79 Å². The van der Waals surface area contributed by atoms with Gasteiger partial charge in [-0.3, -0.25) is 14.6 Å². The number of aliphatic hydroxyl groups is 1. The van der Waals surface area contributed by atoms with Gasteiger partial charge in [0.2, 0.25) is 5.91 Å². The Kier molecular flexibility index (Phi) is 5.88. The second-order valence-corrected chi connectivity index (χ2v) is 10.1. The third kappa shape index (κ3) is 4.11. The monoisotopic (exact) mass is 413 g/mol. The van der Waals surface area contributed by atoms with Gasteiger partial charge >= 0.3 is 0 Å². The number of rotatable bonds is 5. The number of fused-ring (bicyclic) bond motifs is 1. The maximum Gasteiger partial charge on any atom is 0.270 e. The summed E-state index contributed by atoms with van der Waals surface area (Å²) < 4.78 is 0. The Morgan fingerprint density at radius 1 is 1.17 bits per heavy atom. The lowest BCUT2D eigenvalue weighted by atomic mass is 9.51. The Bertz CT molecular complexity index is 781. The van der Waals surface area contributed by atoms with Crippen LogP contribution in [-0.4, -0.2) is 40.1 Å². The van der Waals surface area contributed by atoms with Crippen molar-refractivity contribution in [3.05, 3.63) is 30.1 Å². The fourth-order valence-corrected chi connectivity index (χ4v) is 5.99. The van der Waals surface area contributed by atoms with E-state index in [2.05, 4.69) is 29.5 Å². The maximum absolute atomic E-state index is 12.7. The van der Waals surface area contributed by atoms with Gasteiger partial charge in [0.05, 0.1) is 6.10 Å². The first kappa shape index (κ1) is 21.3. The van der Waals surface area contributed by atoms with Gasteiger partial charge in [0, 0.05) is 24.2 Å². The van der Waals surface area contributed by atoms with E-state index < -0.39 is 6.10 Å². The van der Waals surface area contributed by atoms with Gasteiger partial charge < -0.3 is 15.7 Å². The number of nitrogens with one attached hydrogen (secondary N) is 2. The molecule has 4 rings (SSSR count). The van der Waals surface area contributed by atoms with Gasteiger partial charge in [0.25, 0.3) is 5.91 Å². The fourth-order valence-electron chi connectivity index (χ4n) is 5.99. The van der Waals surface area contributed by atoms with Crippen LogP contribution < -0.4 is 10.6 Å². The highest BCUT2D eigenvalue weighted by molar-refractivity contribution is 5.92. The van der Waals surface area contributed by atoms with Crippen molar-refractivity contribution in [2.75, 3.05) is 0 Å². The molecule has 0 aliphatic heterocycles. The Morgan fingerprint density at radius 2 is 1.90 bits per heavy atom. The van der Waals surface area contributed by atoms with Gasteiger partial charge in [0.15, 0.2) is 0 Å². The summed E-state index contributed by atoms with van der Waals surface area (Å²) in [5.74, 6) is -0.109. The molecular weight excluding hydrogens is 378 g/mol. The average Bonchev–Trinajstić information content (AvgIpc) is 3.54. The Morgan fingerprint density at radius 3 is 2.57 bits per heavy atom. The van der Waals surface area contributed by atoms with Crippen LogP contribution in [0.25, 0.3) is 0 Å². The molecule has 6 heteroatoms. The highest BCUT2D eigenvalue weighted by Crippen LogP contribution is 2.55. The minimum atomic E-state index is -0.534. The van der Waals surface area contributed by atoms with Gasteiger partial charge in [-0.25, -0.2) is 0 Å². The van der Waals surface area contributed by atoms with E-state index in [-0.39, 0.29) is 46.9 Å². The number of hydrogen-bond donors (Lipinski definition) is 3. The second kappa shape index (κ2) is 8.29. The van der Waals surface area contributed by atoms with Crippen LogP contribution in [0.2, 0.25) is 0 Å². The average molecular weight is 414 g/mol. The van der Waals surface area contributed by atoms with Crippen LogP contribution in [0.4, 0.5) is 0 Å². The first-order chi connectivity index (χ1) is 14.3. The van der Waals surface area contributed by atoms with Crippen LogP contribution in [0.3, 0.4) is 0 Å². The molecule has 0 saturated heterocycles. The summed E-state index contributed by atoms with van der Waals surface area (Å²) in [6.07, 6.45) is 7.01. The van der Waals surface area contributed by atoms with E-state index in [0.717, 1.165) is 38.5 Å². The maximum atomic E-state index is 12.7. The SMILES string of the molecule is C[C@@H]1[C@@H]2[C@@H](O)[C@H]([C@H](C)C(=O)NC3CC3)CC[C@]2(C)CC[C@@H]1NC(=O)c1ccccn1. The summed E-state index contributed by atoms with van der Waals surface area (Å²) in [4.78, 5) is 29.5. The van der Waals surface area contributed by atoms with E-state index in [4.69, 9.17) is 0 Å². The number of carbonyl (C=O) groups is 2. The largest absolute Gasteiger partial charge is 0.392 e. The predicted octanol–water partition coefficient (Wildman–Crippen LogP) is 2.92. The summed E-state index contributed by atoms with van der Waals surface area (Å²) in [6, 6.07) is 5.67. The summed E-state index contributed by atoms with van der Waals surface area (Å²) in [5, 5.41) is 17.7. The molecule has 0 radical (unpaired) electrons. The highest BCUT2D eigenvalue weighted by Gasteiger charge is 2.54. The van der Waals surface area contributed by atoms with Crippen molar-refractivity contribution in [3.8, 4) is 0 Å². The molecule has 6 nitrogen and oxygen atoms in total. The van der Waals surface area contributed by atoms with Gasteiger partial charge in [-0.1, -0.05) is 26.8 Å². The zero-order chi connectivity index (χ0) is 21.5. The first-order valence-electron chi connectivity index (χ1n) is 11.5. The molecule has 30 heavy (non-hydrogen) atoms. The third-order valence-corrected chi connectivity index (χ3v) is 8.08. The molecule has 3 aliphatic rings. The molecular formula is C24H35N3O3. The smallest absolute Gasteiger partial charge is 0.270 e. The van der Waals surface area contributed by atoms with E-state index in [9.17, 15) is 14.7 Å². The molecule has 3 fully saturated rings. The lowest BCUT2D eigenvalue weighted by Gasteiger charge is -2.56. The molecule has 1 aromatic rings. The van der Waals surface area contributed by atoms with E-state index in [1.54, 1.807) is 18.3 Å². The minimum absolute atomic E-state index is 0.00146. The number of pyridine rings is 1. The third-order valence-electron chi connectivity index (χ3n) is 8.08. The minimum Gasteiger partial charge on any atom is -0.392 e. The standard InChI is InChI=1S/C24H35N3O3/c1-14(22(29)26-16-7-8-16)17-9-11-24(3)12-10-18(15(2)20(24)21(17)28)27-23(30)19-6-4-5-13-25-19/h4-6,13-18,20-21,28H,7-12H2,1-3H3,(H,26,29)(H,27,30)/t14-,15-,17-,18-,20+,21-,24+/m0/s1. The van der Waals surface area contributed by atoms with E-state index in [1.807, 2.05) is 13.0 Å². The van der Waals surface area contributed by atoms with Gasteiger partial charge in [0.1, 0.15) is 5.69 Å². The zero-order valence-electron chi connectivity index (χ0n) is 18.3. The molecule has 0 spiro atoms. The Labute approximate surface area is 179 Å². The lowest BCUT2D eigenvalue weighted by molar-refractivity contribution is -0.142. The number of amides is 2. The van der Waals surface area contributed by atoms with Crippen LogP contribution in [0.15, 0.2) is 24.4 Å². The first-order valence-corrected chi connectivity index (χ1v) is 11.5. The second-order valence-electron chi connectivity index (χ2n) is 10.1. The Balaban J connectivity index is 1.46. The summed E-state index contributed by atoms with van der Waals surface area (Å²) in [7, 11) is 0. The van der Waals surface area contributed by atoms with Crippen LogP contribution in [0.1, 0.15) is 69.8 Å². The predicted molar refractivity (Wildman–Crippen MR) is 115 cm³/mol. The number of aromatic nitrogens is 1. The number of nitrogens with zero attached hydrogens (tertiary/aromatic N) is 1. The van der Waals surface area contributed by atoms with Crippen LogP contribution >= 0.6 is 0 Å². The molecule has 3 saturated carbocycles. The van der Waals surface area contributed by atoms with Gasteiger partial charge in [-0.05, 0) is 73.8 Å². The lowest BCUT2D eigenvalue weighted by Crippen LogP contribution is -2.58. The molecule has 164 valence electrons. The van der Waals surface area contributed by atoms with Crippen LogP contribution in [0, 0.1) is 29.1 Å². The molecule has 7 atom stereocenters. The Hall–Kier alpha value is -1.95. The topological polar surface area (TPSA) is 91.3 Å². The molecule has 0 bridgehead atoms. The van der Waals surface area contributed by atoms with E-state index >= 15 is 0 Å². The normalized spacial score (nSPS) is 37.0. The molecule has 0 unspecified atom stereocenters. The molecule has 1 heterocycles. The molecule has 3 aliphatic carbocycles. The highest BCUT2D eigenvalue weighted by atomic mass is 16.3. The molecule has 1 aromatic heterocycles. The van der Waals surface area contributed by atoms with Crippen molar-refractivity contribution in [1.29, 1.82) is 0 Å². The zero-order valence-corrected chi connectivity index (χ0v) is 18.3. The quantitative estimate of drug-likeness (QED) is 0.692. The number of hydrogen-bond acceptors (Lipinski definition) is 4. The van der Waals surface area contributed by atoms with Crippen molar-refractivity contribution in [3.63, 3.8) is 0 Å². The number of aliphatic hydroxyl groups excluding tert-OH is 1. The van der Waals surface area contributed by atoms with Crippen molar-refractivity contribution in [1.82, 2.24) is 15.6 Å². The van der Waals surface area contributed by atoms with Crippen molar-refractivity contribution in [2.45, 2.75) is 77.5 Å². The van der Waals surface area contributed by atoms with Gasteiger partial charge in [-0.2, -0.15) is 0 Å². The van der Waals surface area contributed by atoms with Crippen molar-refractivity contribution in [2.24, 2.45) is 29.1 Å².